The molecule has 1 unspecified atom stereocenters. The molecule has 0 radical (unpaired) electrons. The Morgan fingerprint density at radius 1 is 0.912 bits per heavy atom. The maximum absolute atomic E-state index is 4.64. The van der Waals surface area contributed by atoms with E-state index in [9.17, 15) is 0 Å². The van der Waals surface area contributed by atoms with E-state index >= 15 is 0 Å². The molecule has 0 amide bonds. The van der Waals surface area contributed by atoms with Crippen LogP contribution in [-0.2, 0) is 25.7 Å². The molecule has 3 aromatic heterocycles. The summed E-state index contributed by atoms with van der Waals surface area (Å²) in [5, 5.41) is 4.64. The van der Waals surface area contributed by atoms with E-state index < -0.39 is 0 Å². The summed E-state index contributed by atoms with van der Waals surface area (Å²) in [5.74, 6) is 0.803. The Hall–Kier alpha value is -2.81. The van der Waals surface area contributed by atoms with Crippen molar-refractivity contribution in [3.63, 3.8) is 0 Å². The molecule has 1 aliphatic heterocycles. The zero-order valence-corrected chi connectivity index (χ0v) is 21.0. The summed E-state index contributed by atoms with van der Waals surface area (Å²) in [7, 11) is 0. The molecule has 0 saturated heterocycles. The predicted molar refractivity (Wildman–Crippen MR) is 142 cm³/mol. The van der Waals surface area contributed by atoms with E-state index in [1.54, 1.807) is 0 Å². The molecule has 0 bridgehead atoms. The molecule has 0 N–H and O–H groups in total. The van der Waals surface area contributed by atoms with Gasteiger partial charge in [0, 0.05) is 23.8 Å². The molecule has 0 aliphatic carbocycles. The van der Waals surface area contributed by atoms with Gasteiger partial charge >= 0.3 is 0 Å². The fourth-order valence-corrected chi connectivity index (χ4v) is 5.95. The van der Waals surface area contributed by atoms with E-state index in [4.69, 9.17) is 0 Å². The Bertz CT molecular complexity index is 1230. The van der Waals surface area contributed by atoms with Crippen LogP contribution in [0, 0.1) is 12.8 Å². The van der Waals surface area contributed by atoms with Crippen molar-refractivity contribution in [1.82, 2.24) is 14.2 Å². The molecule has 1 aliphatic rings. The highest BCUT2D eigenvalue weighted by molar-refractivity contribution is 5.60. The van der Waals surface area contributed by atoms with Crippen LogP contribution in [0.1, 0.15) is 79.8 Å². The molecule has 4 heterocycles. The monoisotopic (exact) mass is 453 g/mol. The Morgan fingerprint density at radius 2 is 1.79 bits per heavy atom. The summed E-state index contributed by atoms with van der Waals surface area (Å²) in [4.78, 5) is 0. The van der Waals surface area contributed by atoms with Gasteiger partial charge in [-0.1, -0.05) is 56.4 Å². The van der Waals surface area contributed by atoms with Crippen molar-refractivity contribution < 1.29 is 0 Å². The molecular formula is C31H39N3. The van der Waals surface area contributed by atoms with Gasteiger partial charge in [0.15, 0.2) is 0 Å². The van der Waals surface area contributed by atoms with Crippen molar-refractivity contribution in [1.29, 1.82) is 0 Å². The lowest BCUT2D eigenvalue weighted by molar-refractivity contribution is 0.390. The second kappa shape index (κ2) is 10.6. The van der Waals surface area contributed by atoms with Gasteiger partial charge in [-0.25, -0.2) is 4.52 Å². The van der Waals surface area contributed by atoms with Gasteiger partial charge < -0.3 is 4.57 Å². The Labute approximate surface area is 204 Å². The first-order valence-electron chi connectivity index (χ1n) is 13.4. The first kappa shape index (κ1) is 23.0. The highest BCUT2D eigenvalue weighted by Gasteiger charge is 2.15. The normalized spacial score (nSPS) is 17.4. The first-order chi connectivity index (χ1) is 16.7. The number of hydrogen-bond acceptors (Lipinski definition) is 1. The van der Waals surface area contributed by atoms with E-state index in [0.717, 1.165) is 25.2 Å². The maximum Gasteiger partial charge on any atom is 0.0725 e. The third-order valence-electron chi connectivity index (χ3n) is 7.83. The van der Waals surface area contributed by atoms with Crippen molar-refractivity contribution in [3.05, 3.63) is 89.0 Å². The summed E-state index contributed by atoms with van der Waals surface area (Å²) in [5.41, 5.74) is 9.92. The van der Waals surface area contributed by atoms with E-state index in [-0.39, 0.29) is 0 Å². The minimum absolute atomic E-state index is 0.803. The molecule has 0 spiro atoms. The van der Waals surface area contributed by atoms with Crippen LogP contribution in [0.5, 0.6) is 0 Å². The number of rotatable bonds is 4. The minimum Gasteiger partial charge on any atom is -0.321 e. The molecule has 34 heavy (non-hydrogen) atoms. The van der Waals surface area contributed by atoms with Crippen LogP contribution in [0.15, 0.2) is 61.1 Å². The fraction of sp³-hybridized carbons (Fsp3) is 0.452. The van der Waals surface area contributed by atoms with Gasteiger partial charge in [-0.3, -0.25) is 0 Å². The number of hydrogen-bond donors (Lipinski definition) is 0. The van der Waals surface area contributed by atoms with Gasteiger partial charge in [-0.05, 0) is 98.7 Å². The second-order valence-electron chi connectivity index (χ2n) is 10.2. The van der Waals surface area contributed by atoms with E-state index in [1.807, 2.05) is 0 Å². The molecule has 0 saturated carbocycles. The Morgan fingerprint density at radius 3 is 2.71 bits per heavy atom. The lowest BCUT2D eigenvalue weighted by Gasteiger charge is -2.17. The van der Waals surface area contributed by atoms with Gasteiger partial charge in [0.05, 0.1) is 11.7 Å². The average Bonchev–Trinajstić information content (AvgIpc) is 3.48. The molecule has 3 heteroatoms. The third-order valence-corrected chi connectivity index (χ3v) is 7.83. The van der Waals surface area contributed by atoms with Crippen LogP contribution in [0.4, 0.5) is 0 Å². The molecule has 5 rings (SSSR count). The third kappa shape index (κ3) is 4.99. The standard InChI is InChI=1S/C31H39N3/c1-3-26-13-8-21-34-31(26)28(23-32-34)18-17-25-10-5-4-6-12-27-22-24(2)16-19-30(27)33-20-9-15-29(33)14-7-11-25/h8-9,13,15-16,19-23,25H,3-7,10-12,14,17-18H2,1-2H3. The van der Waals surface area contributed by atoms with Gasteiger partial charge in [0.2, 0.25) is 0 Å². The molecule has 178 valence electrons. The quantitative estimate of drug-likeness (QED) is 0.310. The summed E-state index contributed by atoms with van der Waals surface area (Å²) in [6.07, 6.45) is 20.2. The molecule has 3 nitrogen and oxygen atoms in total. The number of benzene rings is 1. The number of aromatic nitrogens is 3. The molecule has 1 atom stereocenters. The average molecular weight is 454 g/mol. The van der Waals surface area contributed by atoms with Crippen LogP contribution >= 0.6 is 0 Å². The van der Waals surface area contributed by atoms with Crippen LogP contribution in [0.25, 0.3) is 11.2 Å². The lowest BCUT2D eigenvalue weighted by Crippen LogP contribution is -2.06. The highest BCUT2D eigenvalue weighted by atomic mass is 15.2. The Balaban J connectivity index is 1.30. The summed E-state index contributed by atoms with van der Waals surface area (Å²) < 4.78 is 4.53. The van der Waals surface area contributed by atoms with Crippen molar-refractivity contribution >= 4 is 5.52 Å². The fourth-order valence-electron chi connectivity index (χ4n) is 5.95. The van der Waals surface area contributed by atoms with E-state index in [0.29, 0.717) is 0 Å². The largest absolute Gasteiger partial charge is 0.321 e. The summed E-state index contributed by atoms with van der Waals surface area (Å²) in [6, 6.07) is 15.9. The predicted octanol–water partition coefficient (Wildman–Crippen LogP) is 7.68. The van der Waals surface area contributed by atoms with Crippen molar-refractivity contribution in [2.24, 2.45) is 5.92 Å². The molecule has 4 aromatic rings. The number of aryl methyl sites for hydroxylation is 5. The number of nitrogens with zero attached hydrogens (tertiary/aromatic N) is 3. The van der Waals surface area contributed by atoms with Crippen LogP contribution in [0.3, 0.4) is 0 Å². The van der Waals surface area contributed by atoms with Gasteiger partial charge in [-0.15, -0.1) is 0 Å². The van der Waals surface area contributed by atoms with Gasteiger partial charge in [0.1, 0.15) is 0 Å². The molecule has 1 aromatic carbocycles. The maximum atomic E-state index is 4.64. The SMILES string of the molecule is CCc1cccn2ncc(CCC3CCCCCc4cc(C)ccc4-n4cccc4CCC3)c12. The molecule has 0 fully saturated rings. The Kier molecular flexibility index (Phi) is 7.18. The minimum atomic E-state index is 0.803. The van der Waals surface area contributed by atoms with Crippen molar-refractivity contribution in [2.45, 2.75) is 84.5 Å². The number of pyridine rings is 1. The van der Waals surface area contributed by atoms with E-state index in [2.05, 4.69) is 89.1 Å². The van der Waals surface area contributed by atoms with Crippen molar-refractivity contribution in [2.75, 3.05) is 0 Å². The van der Waals surface area contributed by atoms with Gasteiger partial charge in [0.25, 0.3) is 0 Å². The zero-order valence-electron chi connectivity index (χ0n) is 21.0. The molecular weight excluding hydrogens is 414 g/mol. The summed E-state index contributed by atoms with van der Waals surface area (Å²) in [6.45, 7) is 4.47. The topological polar surface area (TPSA) is 22.2 Å². The lowest BCUT2D eigenvalue weighted by atomic mass is 9.89. The first-order valence-corrected chi connectivity index (χ1v) is 13.4. The van der Waals surface area contributed by atoms with Gasteiger partial charge in [-0.2, -0.15) is 5.10 Å². The number of fused-ring (bicyclic) bond motifs is 4. The van der Waals surface area contributed by atoms with Crippen LogP contribution in [-0.4, -0.2) is 14.2 Å². The van der Waals surface area contributed by atoms with Crippen LogP contribution in [0.2, 0.25) is 0 Å². The smallest absolute Gasteiger partial charge is 0.0725 e. The van der Waals surface area contributed by atoms with Crippen LogP contribution < -0.4 is 0 Å². The van der Waals surface area contributed by atoms with Crippen molar-refractivity contribution in [3.8, 4) is 5.69 Å². The zero-order chi connectivity index (χ0) is 23.3. The second-order valence-corrected chi connectivity index (χ2v) is 10.2. The van der Waals surface area contributed by atoms with E-state index in [1.165, 1.54) is 90.5 Å². The highest BCUT2D eigenvalue weighted by Crippen LogP contribution is 2.28. The summed E-state index contributed by atoms with van der Waals surface area (Å²) >= 11 is 0.